The summed E-state index contributed by atoms with van der Waals surface area (Å²) in [4.78, 5) is 0. The number of rotatable bonds is 4. The largest absolute Gasteiger partial charge is 0.497 e. The molecule has 1 aliphatic rings. The summed E-state index contributed by atoms with van der Waals surface area (Å²) in [7, 11) is 3.74. The van der Waals surface area contributed by atoms with Crippen LogP contribution in [0.2, 0.25) is 0 Å². The first-order valence-electron chi connectivity index (χ1n) is 6.24. The average molecular weight is 235 g/mol. The Balaban J connectivity index is 2.15. The number of benzene rings is 1. The normalized spacial score (nSPS) is 18.9. The van der Waals surface area contributed by atoms with Crippen molar-refractivity contribution in [1.29, 1.82) is 0 Å². The van der Waals surface area contributed by atoms with E-state index in [1.165, 1.54) is 5.56 Å². The van der Waals surface area contributed by atoms with Gasteiger partial charge in [-0.15, -0.1) is 0 Å². The van der Waals surface area contributed by atoms with Crippen LogP contribution in [0.25, 0.3) is 0 Å². The smallest absolute Gasteiger partial charge is 0.119 e. The predicted molar refractivity (Wildman–Crippen MR) is 68.3 cm³/mol. The summed E-state index contributed by atoms with van der Waals surface area (Å²) in [6, 6.07) is 8.72. The molecular weight excluding hydrogens is 214 g/mol. The van der Waals surface area contributed by atoms with E-state index in [4.69, 9.17) is 9.47 Å². The molecule has 1 fully saturated rings. The van der Waals surface area contributed by atoms with Crippen molar-refractivity contribution in [2.75, 3.05) is 27.4 Å². The van der Waals surface area contributed by atoms with Crippen LogP contribution in [-0.2, 0) is 4.74 Å². The molecule has 94 valence electrons. The van der Waals surface area contributed by atoms with E-state index >= 15 is 0 Å². The Bertz CT molecular complexity index is 348. The molecule has 1 aromatic carbocycles. The fourth-order valence-corrected chi connectivity index (χ4v) is 2.56. The molecule has 0 amide bonds. The van der Waals surface area contributed by atoms with Gasteiger partial charge in [0.05, 0.1) is 7.11 Å². The topological polar surface area (TPSA) is 30.5 Å². The summed E-state index contributed by atoms with van der Waals surface area (Å²) < 4.78 is 10.7. The van der Waals surface area contributed by atoms with Gasteiger partial charge in [0.15, 0.2) is 0 Å². The first kappa shape index (κ1) is 12.4. The van der Waals surface area contributed by atoms with Crippen molar-refractivity contribution < 1.29 is 9.47 Å². The maximum absolute atomic E-state index is 5.42. The van der Waals surface area contributed by atoms with Crippen molar-refractivity contribution in [3.8, 4) is 5.75 Å². The summed E-state index contributed by atoms with van der Waals surface area (Å²) >= 11 is 0. The Kier molecular flexibility index (Phi) is 4.40. The molecule has 2 rings (SSSR count). The first-order chi connectivity index (χ1) is 8.35. The number of nitrogens with one attached hydrogen (secondary N) is 1. The highest BCUT2D eigenvalue weighted by atomic mass is 16.5. The molecule has 1 unspecified atom stereocenters. The van der Waals surface area contributed by atoms with Crippen molar-refractivity contribution in [3.05, 3.63) is 29.8 Å². The van der Waals surface area contributed by atoms with Gasteiger partial charge in [-0.2, -0.15) is 0 Å². The fourth-order valence-electron chi connectivity index (χ4n) is 2.56. The maximum Gasteiger partial charge on any atom is 0.119 e. The molecule has 1 atom stereocenters. The molecule has 17 heavy (non-hydrogen) atoms. The van der Waals surface area contributed by atoms with Gasteiger partial charge in [0.25, 0.3) is 0 Å². The lowest BCUT2D eigenvalue weighted by Gasteiger charge is -2.30. The Morgan fingerprint density at radius 2 is 2.12 bits per heavy atom. The zero-order valence-electron chi connectivity index (χ0n) is 10.6. The Morgan fingerprint density at radius 3 is 2.76 bits per heavy atom. The van der Waals surface area contributed by atoms with Gasteiger partial charge in [-0.1, -0.05) is 12.1 Å². The predicted octanol–water partition coefficient (Wildman–Crippen LogP) is 2.38. The number of hydrogen-bond acceptors (Lipinski definition) is 3. The van der Waals surface area contributed by atoms with Gasteiger partial charge in [0.1, 0.15) is 5.75 Å². The van der Waals surface area contributed by atoms with Crippen LogP contribution in [0.15, 0.2) is 24.3 Å². The highest BCUT2D eigenvalue weighted by Crippen LogP contribution is 2.31. The van der Waals surface area contributed by atoms with Crippen LogP contribution in [0.5, 0.6) is 5.75 Å². The van der Waals surface area contributed by atoms with Gasteiger partial charge in [-0.05, 0) is 43.5 Å². The monoisotopic (exact) mass is 235 g/mol. The quantitative estimate of drug-likeness (QED) is 0.869. The van der Waals surface area contributed by atoms with E-state index in [1.807, 2.05) is 13.1 Å². The van der Waals surface area contributed by atoms with Crippen LogP contribution in [0, 0.1) is 5.92 Å². The van der Waals surface area contributed by atoms with E-state index in [9.17, 15) is 0 Å². The molecule has 0 radical (unpaired) electrons. The number of hydrogen-bond donors (Lipinski definition) is 1. The molecule has 0 saturated carbocycles. The van der Waals surface area contributed by atoms with E-state index in [-0.39, 0.29) is 0 Å². The standard InChI is InChI=1S/C14H21NO2/c1-15-14(11-6-8-17-9-7-11)12-4-3-5-13(10-12)16-2/h3-5,10-11,14-15H,6-9H2,1-2H3. The average Bonchev–Trinajstić information content (AvgIpc) is 2.41. The minimum absolute atomic E-state index is 0.397. The molecule has 0 aromatic heterocycles. The molecule has 0 spiro atoms. The van der Waals surface area contributed by atoms with E-state index in [0.29, 0.717) is 12.0 Å². The lowest BCUT2D eigenvalue weighted by molar-refractivity contribution is 0.0546. The third-order valence-corrected chi connectivity index (χ3v) is 3.50. The molecule has 0 bridgehead atoms. The van der Waals surface area contributed by atoms with Crippen LogP contribution in [0.1, 0.15) is 24.4 Å². The van der Waals surface area contributed by atoms with Crippen molar-refractivity contribution >= 4 is 0 Å². The van der Waals surface area contributed by atoms with Crippen LogP contribution in [0.3, 0.4) is 0 Å². The summed E-state index contributed by atoms with van der Waals surface area (Å²) in [5.74, 6) is 1.58. The summed E-state index contributed by atoms with van der Waals surface area (Å²) in [6.45, 7) is 1.76. The minimum Gasteiger partial charge on any atom is -0.497 e. The lowest BCUT2D eigenvalue weighted by Crippen LogP contribution is -2.29. The van der Waals surface area contributed by atoms with Gasteiger partial charge in [-0.25, -0.2) is 0 Å². The first-order valence-corrected chi connectivity index (χ1v) is 6.24. The van der Waals surface area contributed by atoms with Crippen LogP contribution in [-0.4, -0.2) is 27.4 Å². The molecule has 0 aliphatic carbocycles. The van der Waals surface area contributed by atoms with Gasteiger partial charge in [0.2, 0.25) is 0 Å². The molecule has 1 aromatic rings. The molecule has 3 nitrogen and oxygen atoms in total. The minimum atomic E-state index is 0.397. The molecule has 1 aliphatic heterocycles. The molecule has 1 N–H and O–H groups in total. The molecular formula is C14H21NO2. The lowest BCUT2D eigenvalue weighted by atomic mass is 9.87. The zero-order valence-corrected chi connectivity index (χ0v) is 10.6. The third-order valence-electron chi connectivity index (χ3n) is 3.50. The molecule has 3 heteroatoms. The summed E-state index contributed by atoms with van der Waals surface area (Å²) in [6.07, 6.45) is 2.26. The molecule has 1 heterocycles. The van der Waals surface area contributed by atoms with Gasteiger partial charge >= 0.3 is 0 Å². The van der Waals surface area contributed by atoms with Crippen LogP contribution < -0.4 is 10.1 Å². The third kappa shape index (κ3) is 2.99. The van der Waals surface area contributed by atoms with Gasteiger partial charge in [0, 0.05) is 19.3 Å². The summed E-state index contributed by atoms with van der Waals surface area (Å²) in [5.41, 5.74) is 1.30. The second-order valence-corrected chi connectivity index (χ2v) is 4.49. The van der Waals surface area contributed by atoms with Crippen molar-refractivity contribution in [2.24, 2.45) is 5.92 Å². The summed E-state index contributed by atoms with van der Waals surface area (Å²) in [5, 5.41) is 3.43. The van der Waals surface area contributed by atoms with E-state index in [2.05, 4.69) is 23.5 Å². The number of methoxy groups -OCH3 is 1. The van der Waals surface area contributed by atoms with Gasteiger partial charge < -0.3 is 14.8 Å². The van der Waals surface area contributed by atoms with Gasteiger partial charge in [-0.3, -0.25) is 0 Å². The maximum atomic E-state index is 5.42. The Morgan fingerprint density at radius 1 is 1.35 bits per heavy atom. The van der Waals surface area contributed by atoms with Crippen molar-refractivity contribution in [3.63, 3.8) is 0 Å². The number of ether oxygens (including phenoxy) is 2. The highest BCUT2D eigenvalue weighted by Gasteiger charge is 2.24. The van der Waals surface area contributed by atoms with E-state index in [0.717, 1.165) is 31.8 Å². The zero-order chi connectivity index (χ0) is 12.1. The SMILES string of the molecule is CNC(c1cccc(OC)c1)C1CCOCC1. The molecule has 1 saturated heterocycles. The van der Waals surface area contributed by atoms with Crippen molar-refractivity contribution in [2.45, 2.75) is 18.9 Å². The highest BCUT2D eigenvalue weighted by molar-refractivity contribution is 5.31. The van der Waals surface area contributed by atoms with E-state index in [1.54, 1.807) is 7.11 Å². The Hall–Kier alpha value is -1.06. The Labute approximate surface area is 103 Å². The second kappa shape index (κ2) is 6.03. The fraction of sp³-hybridized carbons (Fsp3) is 0.571. The van der Waals surface area contributed by atoms with E-state index < -0.39 is 0 Å². The van der Waals surface area contributed by atoms with Crippen LogP contribution >= 0.6 is 0 Å². The van der Waals surface area contributed by atoms with Crippen LogP contribution in [0.4, 0.5) is 0 Å². The van der Waals surface area contributed by atoms with Crippen molar-refractivity contribution in [1.82, 2.24) is 5.32 Å². The second-order valence-electron chi connectivity index (χ2n) is 4.49.